The standard InChI is InChI=1S/4C14H11OS.Sn/c4*1-16-13-9-7-12(8-10-13)14(15)11-5-3-2-4-6-11;/h4*3-10H,1H3;. The number of hydrogen-bond acceptors (Lipinski definition) is 8. The number of rotatable bonds is 16. The molecule has 0 aromatic heterocycles. The molecule has 4 nitrogen and oxygen atoms in total. The van der Waals surface area contributed by atoms with Crippen LogP contribution in [0.25, 0.3) is 0 Å². The maximum absolute atomic E-state index is 13.9. The van der Waals surface area contributed by atoms with E-state index in [1.807, 2.05) is 171 Å². The van der Waals surface area contributed by atoms with Gasteiger partial charge in [-0.2, -0.15) is 0 Å². The van der Waals surface area contributed by atoms with Crippen LogP contribution in [0.5, 0.6) is 0 Å². The first-order valence-electron chi connectivity index (χ1n) is 20.8. The fraction of sp³-hybridized carbons (Fsp3) is 0.0714. The van der Waals surface area contributed by atoms with Crippen molar-refractivity contribution in [1.29, 1.82) is 0 Å². The second-order valence-corrected chi connectivity index (χ2v) is 29.7. The molecule has 320 valence electrons. The van der Waals surface area contributed by atoms with Crippen LogP contribution in [0.2, 0.25) is 0 Å². The van der Waals surface area contributed by atoms with Crippen LogP contribution in [-0.4, -0.2) is 66.5 Å². The molecule has 8 aromatic carbocycles. The van der Waals surface area contributed by atoms with Crippen LogP contribution in [0.15, 0.2) is 214 Å². The van der Waals surface area contributed by atoms with Crippen LogP contribution in [0.4, 0.5) is 0 Å². The fourth-order valence-corrected chi connectivity index (χ4v) is 23.1. The van der Waals surface area contributed by atoms with Crippen LogP contribution >= 0.6 is 47.0 Å². The molecular formula is C56H44O4S4Sn. The van der Waals surface area contributed by atoms with Crippen LogP contribution < -0.4 is 14.3 Å². The van der Waals surface area contributed by atoms with E-state index in [4.69, 9.17) is 0 Å². The Labute approximate surface area is 402 Å². The number of ketones is 4. The van der Waals surface area contributed by atoms with Gasteiger partial charge in [-0.1, -0.05) is 0 Å². The van der Waals surface area contributed by atoms with Gasteiger partial charge in [0.2, 0.25) is 0 Å². The average molecular weight is 1030 g/mol. The van der Waals surface area contributed by atoms with Crippen LogP contribution in [-0.2, 0) is 0 Å². The van der Waals surface area contributed by atoms with Crippen molar-refractivity contribution in [3.63, 3.8) is 0 Å². The van der Waals surface area contributed by atoms with Crippen LogP contribution in [0.1, 0.15) is 63.7 Å². The Morgan fingerprint density at radius 3 is 0.523 bits per heavy atom. The Balaban J connectivity index is 1.28. The summed E-state index contributed by atoms with van der Waals surface area (Å²) in [6, 6.07) is 62.5. The SMILES string of the molecule is CSc1ccc(C(=O)c2cc[c]([Sn]([c]3ccc(C(=O)c4ccc(SC)cc4)cc3)([c]3ccc(C(=O)c4ccc(SC)cc4)cc3)[c]3ccc(C(=O)c4ccc(SC)cc4)cc3)cc2)cc1. The zero-order valence-electron chi connectivity index (χ0n) is 36.2. The summed E-state index contributed by atoms with van der Waals surface area (Å²) >= 11 is 1.98. The second-order valence-electron chi connectivity index (χ2n) is 15.3. The van der Waals surface area contributed by atoms with Gasteiger partial charge in [0.1, 0.15) is 0 Å². The van der Waals surface area contributed by atoms with Crippen molar-refractivity contribution in [3.05, 3.63) is 239 Å². The predicted molar refractivity (Wildman–Crippen MR) is 277 cm³/mol. The summed E-state index contributed by atoms with van der Waals surface area (Å²) in [5.41, 5.74) is 4.73. The molecule has 0 unspecified atom stereocenters. The van der Waals surface area contributed by atoms with Gasteiger partial charge >= 0.3 is 405 Å². The van der Waals surface area contributed by atoms with E-state index in [0.29, 0.717) is 44.5 Å². The van der Waals surface area contributed by atoms with Gasteiger partial charge in [0.15, 0.2) is 0 Å². The zero-order chi connectivity index (χ0) is 45.5. The van der Waals surface area contributed by atoms with Gasteiger partial charge in [0.25, 0.3) is 0 Å². The third-order valence-corrected chi connectivity index (χ3v) is 28.4. The molecule has 0 heterocycles. The normalized spacial score (nSPS) is 11.3. The zero-order valence-corrected chi connectivity index (χ0v) is 42.4. The molecule has 0 radical (unpaired) electrons. The summed E-state index contributed by atoms with van der Waals surface area (Å²) in [5, 5.41) is 0. The van der Waals surface area contributed by atoms with Crippen molar-refractivity contribution in [2.45, 2.75) is 19.6 Å². The Morgan fingerprint density at radius 1 is 0.246 bits per heavy atom. The number of carbonyl (C=O) groups excluding carboxylic acids is 4. The molecule has 8 aromatic rings. The molecule has 0 amide bonds. The number of hydrogen-bond donors (Lipinski definition) is 0. The average Bonchev–Trinajstić information content (AvgIpc) is 3.39. The molecule has 8 rings (SSSR count). The Kier molecular flexibility index (Phi) is 14.8. The minimum atomic E-state index is -4.53. The topological polar surface area (TPSA) is 68.3 Å². The Morgan fingerprint density at radius 2 is 0.385 bits per heavy atom. The van der Waals surface area contributed by atoms with Crippen LogP contribution in [0.3, 0.4) is 0 Å². The van der Waals surface area contributed by atoms with Gasteiger partial charge in [-0.25, -0.2) is 0 Å². The summed E-state index contributed by atoms with van der Waals surface area (Å²) in [6.07, 6.45) is 8.04. The summed E-state index contributed by atoms with van der Waals surface area (Å²) in [4.78, 5) is 59.9. The Hall–Kier alpha value is -5.36. The van der Waals surface area contributed by atoms with Crippen molar-refractivity contribution in [2.24, 2.45) is 0 Å². The van der Waals surface area contributed by atoms with E-state index in [0.717, 1.165) is 33.9 Å². The van der Waals surface area contributed by atoms with E-state index in [1.165, 1.54) is 0 Å². The molecular weight excluding hydrogens is 984 g/mol. The van der Waals surface area contributed by atoms with Crippen molar-refractivity contribution >= 4 is 103 Å². The molecule has 0 aliphatic rings. The van der Waals surface area contributed by atoms with E-state index in [9.17, 15) is 19.2 Å². The summed E-state index contributed by atoms with van der Waals surface area (Å²) in [5.74, 6) is -0.277. The predicted octanol–water partition coefficient (Wildman–Crippen LogP) is 10.9. The first-order chi connectivity index (χ1) is 31.7. The molecule has 0 aliphatic carbocycles. The second kappa shape index (κ2) is 20.9. The van der Waals surface area contributed by atoms with Gasteiger partial charge < -0.3 is 0 Å². The quantitative estimate of drug-likeness (QED) is 0.0539. The van der Waals surface area contributed by atoms with E-state index < -0.39 is 18.4 Å². The van der Waals surface area contributed by atoms with Gasteiger partial charge in [0.05, 0.1) is 0 Å². The number of carbonyl (C=O) groups is 4. The van der Waals surface area contributed by atoms with E-state index in [-0.39, 0.29) is 23.1 Å². The molecule has 0 bridgehead atoms. The minimum absolute atomic E-state index is 0.0692. The molecule has 0 saturated heterocycles. The maximum atomic E-state index is 13.9. The van der Waals surface area contributed by atoms with Crippen molar-refractivity contribution in [3.8, 4) is 0 Å². The third-order valence-electron chi connectivity index (χ3n) is 11.7. The van der Waals surface area contributed by atoms with Gasteiger partial charge in [0, 0.05) is 0 Å². The first kappa shape index (κ1) is 46.2. The van der Waals surface area contributed by atoms with E-state index in [2.05, 4.69) is 48.5 Å². The van der Waals surface area contributed by atoms with Crippen LogP contribution in [0, 0.1) is 0 Å². The summed E-state index contributed by atoms with van der Waals surface area (Å²) in [6.45, 7) is 0. The molecule has 0 N–H and O–H groups in total. The van der Waals surface area contributed by atoms with Crippen molar-refractivity contribution in [1.82, 2.24) is 0 Å². The molecule has 0 spiro atoms. The molecule has 65 heavy (non-hydrogen) atoms. The molecule has 0 atom stereocenters. The molecule has 0 fully saturated rings. The summed E-state index contributed by atoms with van der Waals surface area (Å²) in [7, 11) is 0. The fourth-order valence-electron chi connectivity index (χ4n) is 8.12. The monoisotopic (exact) mass is 1030 g/mol. The molecule has 0 saturated carbocycles. The number of benzene rings is 8. The van der Waals surface area contributed by atoms with Gasteiger partial charge in [-0.05, 0) is 0 Å². The first-order valence-corrected chi connectivity index (χ1v) is 31.4. The summed E-state index contributed by atoms with van der Waals surface area (Å²) < 4.78 is 4.22. The third kappa shape index (κ3) is 9.79. The van der Waals surface area contributed by atoms with Crippen molar-refractivity contribution < 1.29 is 19.2 Å². The molecule has 9 heteroatoms. The Bertz CT molecular complexity index is 2550. The molecule has 0 aliphatic heterocycles. The van der Waals surface area contributed by atoms with Gasteiger partial charge in [-0.3, -0.25) is 0 Å². The van der Waals surface area contributed by atoms with E-state index in [1.54, 1.807) is 47.0 Å². The number of thioether (sulfide) groups is 4. The van der Waals surface area contributed by atoms with E-state index >= 15 is 0 Å². The van der Waals surface area contributed by atoms with Crippen molar-refractivity contribution in [2.75, 3.05) is 25.0 Å². The van der Waals surface area contributed by atoms with Gasteiger partial charge in [-0.15, -0.1) is 0 Å².